The van der Waals surface area contributed by atoms with Crippen LogP contribution in [0.3, 0.4) is 0 Å². The zero-order valence-corrected chi connectivity index (χ0v) is 16.2. The van der Waals surface area contributed by atoms with E-state index in [1.807, 2.05) is 32.0 Å². The first-order chi connectivity index (χ1) is 12.5. The summed E-state index contributed by atoms with van der Waals surface area (Å²) >= 11 is 0. The second-order valence-corrected chi connectivity index (χ2v) is 6.11. The zero-order valence-electron chi connectivity index (χ0n) is 16.2. The van der Waals surface area contributed by atoms with Crippen molar-refractivity contribution in [3.8, 4) is 11.5 Å². The molecule has 26 heavy (non-hydrogen) atoms. The van der Waals surface area contributed by atoms with Crippen molar-refractivity contribution < 1.29 is 14.3 Å². The van der Waals surface area contributed by atoms with Crippen LogP contribution in [0.15, 0.2) is 30.3 Å². The summed E-state index contributed by atoms with van der Waals surface area (Å²) in [5, 5.41) is 5.39. The molecular weight excluding hydrogens is 328 g/mol. The van der Waals surface area contributed by atoms with E-state index in [0.717, 1.165) is 23.3 Å². The average Bonchev–Trinajstić information content (AvgIpc) is 2.63. The quantitative estimate of drug-likeness (QED) is 0.762. The van der Waals surface area contributed by atoms with Crippen LogP contribution in [0.4, 0.5) is 10.5 Å². The molecule has 2 N–H and O–H groups in total. The van der Waals surface area contributed by atoms with Gasteiger partial charge in [0.25, 0.3) is 0 Å². The van der Waals surface area contributed by atoms with Gasteiger partial charge >= 0.3 is 6.03 Å². The lowest BCUT2D eigenvalue weighted by molar-refractivity contribution is 0.253. The number of carbonyl (C=O) groups excluding carboxylic acids is 1. The number of urea groups is 1. The van der Waals surface area contributed by atoms with Gasteiger partial charge in [-0.25, -0.2) is 4.79 Å². The van der Waals surface area contributed by atoms with Gasteiger partial charge in [-0.3, -0.25) is 0 Å². The molecule has 0 atom stereocenters. The highest BCUT2D eigenvalue weighted by molar-refractivity contribution is 5.90. The molecule has 0 spiro atoms. The van der Waals surface area contributed by atoms with Crippen molar-refractivity contribution in [3.63, 3.8) is 0 Å². The van der Waals surface area contributed by atoms with Crippen molar-refractivity contribution in [1.82, 2.24) is 5.32 Å². The SMILES string of the molecule is CCOc1cccc(NC(=O)NC)c1COc1cc(C)c(CC)cc1C. The Morgan fingerprint density at radius 3 is 2.46 bits per heavy atom. The number of aryl methyl sites for hydroxylation is 3. The maximum Gasteiger partial charge on any atom is 0.318 e. The molecule has 0 saturated carbocycles. The van der Waals surface area contributed by atoms with Gasteiger partial charge in [0, 0.05) is 7.05 Å². The zero-order chi connectivity index (χ0) is 19.1. The fraction of sp³-hybridized carbons (Fsp3) is 0.381. The summed E-state index contributed by atoms with van der Waals surface area (Å²) < 4.78 is 11.8. The van der Waals surface area contributed by atoms with Crippen LogP contribution in [0.5, 0.6) is 11.5 Å². The number of rotatable bonds is 7. The number of hydrogen-bond acceptors (Lipinski definition) is 3. The number of carbonyl (C=O) groups is 1. The Morgan fingerprint density at radius 2 is 1.81 bits per heavy atom. The van der Waals surface area contributed by atoms with Gasteiger partial charge in [-0.1, -0.05) is 19.1 Å². The minimum atomic E-state index is -0.278. The standard InChI is InChI=1S/C21H28N2O3/c1-6-16-11-15(4)20(12-14(16)3)26-13-17-18(23-21(24)22-5)9-8-10-19(17)25-7-2/h8-12H,6-7,13H2,1-5H3,(H2,22,23,24). The van der Waals surface area contributed by atoms with Crippen molar-refractivity contribution in [2.45, 2.75) is 40.7 Å². The number of benzene rings is 2. The normalized spacial score (nSPS) is 10.3. The van der Waals surface area contributed by atoms with Crippen LogP contribution in [0.1, 0.15) is 36.1 Å². The Morgan fingerprint density at radius 1 is 1.04 bits per heavy atom. The number of anilines is 1. The van der Waals surface area contributed by atoms with Crippen LogP contribution in [0, 0.1) is 13.8 Å². The Kier molecular flexibility index (Phi) is 6.89. The minimum Gasteiger partial charge on any atom is -0.493 e. The van der Waals surface area contributed by atoms with E-state index in [4.69, 9.17) is 9.47 Å². The third-order valence-electron chi connectivity index (χ3n) is 4.29. The smallest absolute Gasteiger partial charge is 0.318 e. The highest BCUT2D eigenvalue weighted by atomic mass is 16.5. The van der Waals surface area contributed by atoms with Gasteiger partial charge in [0.2, 0.25) is 0 Å². The van der Waals surface area contributed by atoms with Gasteiger partial charge < -0.3 is 20.1 Å². The van der Waals surface area contributed by atoms with Gasteiger partial charge in [-0.2, -0.15) is 0 Å². The van der Waals surface area contributed by atoms with E-state index in [9.17, 15) is 4.79 Å². The molecule has 2 aromatic carbocycles. The Balaban J connectivity index is 2.30. The van der Waals surface area contributed by atoms with Crippen LogP contribution < -0.4 is 20.1 Å². The molecule has 5 nitrogen and oxygen atoms in total. The van der Waals surface area contributed by atoms with Gasteiger partial charge in [-0.05, 0) is 62.1 Å². The van der Waals surface area contributed by atoms with Crippen LogP contribution >= 0.6 is 0 Å². The van der Waals surface area contributed by atoms with E-state index in [1.165, 1.54) is 11.1 Å². The first kappa shape index (κ1) is 19.6. The molecule has 0 heterocycles. The molecule has 0 radical (unpaired) electrons. The van der Waals surface area contributed by atoms with Crippen molar-refractivity contribution in [2.75, 3.05) is 19.0 Å². The number of ether oxygens (including phenoxy) is 2. The Labute approximate surface area is 155 Å². The Hall–Kier alpha value is -2.69. The summed E-state index contributed by atoms with van der Waals surface area (Å²) in [6.45, 7) is 9.07. The van der Waals surface area contributed by atoms with Gasteiger partial charge in [-0.15, -0.1) is 0 Å². The number of hydrogen-bond donors (Lipinski definition) is 2. The van der Waals surface area contributed by atoms with E-state index in [-0.39, 0.29) is 6.03 Å². The predicted molar refractivity (Wildman–Crippen MR) is 105 cm³/mol. The van der Waals surface area contributed by atoms with Gasteiger partial charge in [0.1, 0.15) is 18.1 Å². The van der Waals surface area contributed by atoms with E-state index in [0.29, 0.717) is 24.7 Å². The molecule has 0 unspecified atom stereocenters. The summed E-state index contributed by atoms with van der Waals surface area (Å²) in [5.74, 6) is 1.55. The monoisotopic (exact) mass is 356 g/mol. The molecule has 2 rings (SSSR count). The molecule has 0 saturated heterocycles. The second-order valence-electron chi connectivity index (χ2n) is 6.11. The van der Waals surface area contributed by atoms with Gasteiger partial charge in [0.05, 0.1) is 17.9 Å². The molecule has 0 bridgehead atoms. The molecule has 0 aliphatic rings. The van der Waals surface area contributed by atoms with Crippen molar-refractivity contribution >= 4 is 11.7 Å². The minimum absolute atomic E-state index is 0.278. The summed E-state index contributed by atoms with van der Waals surface area (Å²) in [6.07, 6.45) is 1.00. The van der Waals surface area contributed by atoms with Crippen LogP contribution in [-0.2, 0) is 13.0 Å². The topological polar surface area (TPSA) is 59.6 Å². The molecule has 5 heteroatoms. The van der Waals surface area contributed by atoms with Crippen molar-refractivity contribution in [1.29, 1.82) is 0 Å². The maximum atomic E-state index is 11.7. The summed E-state index contributed by atoms with van der Waals surface area (Å²) in [4.78, 5) is 11.7. The van der Waals surface area contributed by atoms with Crippen LogP contribution in [-0.4, -0.2) is 19.7 Å². The third kappa shape index (κ3) is 4.69. The fourth-order valence-corrected chi connectivity index (χ4v) is 2.84. The first-order valence-corrected chi connectivity index (χ1v) is 8.96. The lowest BCUT2D eigenvalue weighted by Gasteiger charge is -2.18. The molecule has 0 aliphatic heterocycles. The Bertz CT molecular complexity index is 772. The molecule has 2 aromatic rings. The molecular formula is C21H28N2O3. The van der Waals surface area contributed by atoms with Crippen LogP contribution in [0.2, 0.25) is 0 Å². The maximum absolute atomic E-state index is 11.7. The summed E-state index contributed by atoms with van der Waals surface area (Å²) in [6, 6.07) is 9.54. The average molecular weight is 356 g/mol. The van der Waals surface area contributed by atoms with E-state index >= 15 is 0 Å². The summed E-state index contributed by atoms with van der Waals surface area (Å²) in [7, 11) is 1.58. The van der Waals surface area contributed by atoms with E-state index < -0.39 is 0 Å². The van der Waals surface area contributed by atoms with Crippen molar-refractivity contribution in [2.24, 2.45) is 0 Å². The predicted octanol–water partition coefficient (Wildman–Crippen LogP) is 4.59. The van der Waals surface area contributed by atoms with Gasteiger partial charge in [0.15, 0.2) is 0 Å². The first-order valence-electron chi connectivity index (χ1n) is 8.96. The number of nitrogens with one attached hydrogen (secondary N) is 2. The van der Waals surface area contributed by atoms with E-state index in [1.54, 1.807) is 7.05 Å². The third-order valence-corrected chi connectivity index (χ3v) is 4.29. The second kappa shape index (κ2) is 9.13. The highest BCUT2D eigenvalue weighted by Gasteiger charge is 2.13. The van der Waals surface area contributed by atoms with Crippen molar-refractivity contribution in [3.05, 3.63) is 52.6 Å². The van der Waals surface area contributed by atoms with Crippen LogP contribution in [0.25, 0.3) is 0 Å². The fourth-order valence-electron chi connectivity index (χ4n) is 2.84. The lowest BCUT2D eigenvalue weighted by Crippen LogP contribution is -2.25. The van der Waals surface area contributed by atoms with E-state index in [2.05, 4.69) is 36.6 Å². The highest BCUT2D eigenvalue weighted by Crippen LogP contribution is 2.30. The molecule has 0 aromatic heterocycles. The lowest BCUT2D eigenvalue weighted by atomic mass is 10.0. The molecule has 2 amide bonds. The molecule has 140 valence electrons. The molecule has 0 fully saturated rings. The number of amides is 2. The largest absolute Gasteiger partial charge is 0.493 e. The summed E-state index contributed by atoms with van der Waals surface area (Å²) in [5.41, 5.74) is 5.13. The molecule has 0 aliphatic carbocycles.